The van der Waals surface area contributed by atoms with Crippen molar-refractivity contribution in [1.82, 2.24) is 9.78 Å². The summed E-state index contributed by atoms with van der Waals surface area (Å²) in [6, 6.07) is 7.48. The highest BCUT2D eigenvalue weighted by atomic mass is 32.1. The van der Waals surface area contributed by atoms with Gasteiger partial charge < -0.3 is 10.1 Å². The number of carbonyl (C=O) groups is 2. The average molecular weight is 456 g/mol. The number of ether oxygens (including phenoxy) is 1. The molecule has 3 rings (SSSR count). The molecule has 0 radical (unpaired) electrons. The van der Waals surface area contributed by atoms with E-state index in [2.05, 4.69) is 24.3 Å². The van der Waals surface area contributed by atoms with Crippen LogP contribution in [0.4, 0.5) is 5.00 Å². The number of carbonyl (C=O) groups excluding carboxylic acids is 2. The van der Waals surface area contributed by atoms with E-state index in [1.807, 2.05) is 26.0 Å². The largest absolute Gasteiger partial charge is 0.461 e. The molecule has 8 heteroatoms. The average Bonchev–Trinajstić information content (AvgIpc) is 3.19. The summed E-state index contributed by atoms with van der Waals surface area (Å²) in [6.45, 7) is 9.99. The second-order valence-electron chi connectivity index (χ2n) is 7.89. The van der Waals surface area contributed by atoms with Gasteiger partial charge in [0.05, 0.1) is 17.7 Å². The van der Waals surface area contributed by atoms with Crippen LogP contribution in [0.1, 0.15) is 69.4 Å². The normalized spacial score (nSPS) is 11.3. The maximum Gasteiger partial charge on any atom is 0.359 e. The van der Waals surface area contributed by atoms with E-state index < -0.39 is 11.5 Å². The summed E-state index contributed by atoms with van der Waals surface area (Å²) in [5, 5.41) is 9.98. The molecule has 0 bridgehead atoms. The number of anilines is 1. The van der Waals surface area contributed by atoms with Gasteiger partial charge in [-0.25, -0.2) is 4.79 Å². The minimum atomic E-state index is -0.610. The quantitative estimate of drug-likeness (QED) is 0.476. The third-order valence-corrected chi connectivity index (χ3v) is 6.41. The van der Waals surface area contributed by atoms with Gasteiger partial charge in [0.2, 0.25) is 5.91 Å². The van der Waals surface area contributed by atoms with Crippen LogP contribution in [0.2, 0.25) is 0 Å². The van der Waals surface area contributed by atoms with E-state index in [4.69, 9.17) is 4.74 Å². The fourth-order valence-electron chi connectivity index (χ4n) is 3.54. The van der Waals surface area contributed by atoms with Crippen molar-refractivity contribution in [1.29, 1.82) is 0 Å². The Bertz CT molecular complexity index is 1170. The molecule has 0 saturated carbocycles. The number of benzene rings is 1. The van der Waals surface area contributed by atoms with Gasteiger partial charge in [0.1, 0.15) is 5.00 Å². The molecule has 0 aliphatic heterocycles. The summed E-state index contributed by atoms with van der Waals surface area (Å²) in [4.78, 5) is 38.8. The molecule has 1 aromatic carbocycles. The number of thiophene rings is 1. The number of hydrogen-bond acceptors (Lipinski definition) is 6. The molecule has 0 spiro atoms. The molecule has 7 nitrogen and oxygen atoms in total. The zero-order valence-electron chi connectivity index (χ0n) is 19.1. The minimum Gasteiger partial charge on any atom is -0.461 e. The Balaban J connectivity index is 2.19. The van der Waals surface area contributed by atoms with Crippen LogP contribution in [0.3, 0.4) is 0 Å². The van der Waals surface area contributed by atoms with Crippen LogP contribution in [0.15, 0.2) is 34.4 Å². The van der Waals surface area contributed by atoms with Crippen LogP contribution in [0.5, 0.6) is 0 Å². The summed E-state index contributed by atoms with van der Waals surface area (Å²) < 4.78 is 6.39. The second-order valence-corrected chi connectivity index (χ2v) is 8.77. The van der Waals surface area contributed by atoms with Gasteiger partial charge in [-0.1, -0.05) is 39.8 Å². The first-order chi connectivity index (χ1) is 15.3. The molecule has 2 heterocycles. The predicted molar refractivity (Wildman–Crippen MR) is 128 cm³/mol. The minimum absolute atomic E-state index is 0.0497. The first-order valence-corrected chi connectivity index (χ1v) is 11.8. The molecule has 0 aliphatic carbocycles. The Kier molecular flexibility index (Phi) is 7.45. The molecule has 2 aromatic heterocycles. The van der Waals surface area contributed by atoms with Crippen LogP contribution in [-0.2, 0) is 9.53 Å². The molecule has 3 aromatic rings. The molecule has 0 saturated heterocycles. The fraction of sp³-hybridized carbons (Fsp3) is 0.417. The number of fused-ring (bicyclic) bond motifs is 1. The molecule has 0 aliphatic rings. The van der Waals surface area contributed by atoms with Crippen molar-refractivity contribution in [3.63, 3.8) is 0 Å². The Hall–Kier alpha value is -3.00. The summed E-state index contributed by atoms with van der Waals surface area (Å²) >= 11 is 1.21. The van der Waals surface area contributed by atoms with E-state index in [0.717, 1.165) is 5.56 Å². The standard InChI is InChI=1S/C24H29N3O4S/c1-6-15(7-2)21(28)25-22-19-18(13-32-22)20(24(30)31-8-3)26-27(23(19)29)17-11-9-16(10-12-17)14(4)5/h9-15H,6-8H2,1-5H3,(H,25,28). The van der Waals surface area contributed by atoms with Gasteiger partial charge in [-0.2, -0.15) is 9.78 Å². The zero-order chi connectivity index (χ0) is 23.4. The second kappa shape index (κ2) is 10.1. The lowest BCUT2D eigenvalue weighted by Crippen LogP contribution is -2.26. The Morgan fingerprint density at radius 3 is 2.34 bits per heavy atom. The highest BCUT2D eigenvalue weighted by molar-refractivity contribution is 7.16. The third-order valence-electron chi connectivity index (χ3n) is 5.52. The Morgan fingerprint density at radius 1 is 1.12 bits per heavy atom. The SMILES string of the molecule is CCOC(=O)c1nn(-c2ccc(C(C)C)cc2)c(=O)c2c(NC(=O)C(CC)CC)scc12. The van der Waals surface area contributed by atoms with Crippen molar-refractivity contribution in [3.8, 4) is 5.69 Å². The lowest BCUT2D eigenvalue weighted by atomic mass is 10.0. The van der Waals surface area contributed by atoms with E-state index in [1.165, 1.54) is 16.0 Å². The molecule has 0 fully saturated rings. The fourth-order valence-corrected chi connectivity index (χ4v) is 4.48. The molecule has 0 unspecified atom stereocenters. The summed E-state index contributed by atoms with van der Waals surface area (Å²) in [5.41, 5.74) is 1.32. The molecule has 0 atom stereocenters. The van der Waals surface area contributed by atoms with Crippen LogP contribution < -0.4 is 10.9 Å². The number of hydrogen-bond donors (Lipinski definition) is 1. The van der Waals surface area contributed by atoms with E-state index in [1.54, 1.807) is 24.4 Å². The number of amides is 1. The summed E-state index contributed by atoms with van der Waals surface area (Å²) in [6.07, 6.45) is 1.40. The number of nitrogens with zero attached hydrogens (tertiary/aromatic N) is 2. The molecular weight excluding hydrogens is 426 g/mol. The number of esters is 1. The number of nitrogens with one attached hydrogen (secondary N) is 1. The smallest absolute Gasteiger partial charge is 0.359 e. The third kappa shape index (κ3) is 4.60. The molecule has 1 N–H and O–H groups in total. The van der Waals surface area contributed by atoms with Gasteiger partial charge in [0.25, 0.3) is 5.56 Å². The van der Waals surface area contributed by atoms with Gasteiger partial charge in [0.15, 0.2) is 5.69 Å². The number of aromatic nitrogens is 2. The van der Waals surface area contributed by atoms with Crippen molar-refractivity contribution in [3.05, 3.63) is 51.3 Å². The highest BCUT2D eigenvalue weighted by Crippen LogP contribution is 2.31. The topological polar surface area (TPSA) is 90.3 Å². The molecular formula is C24H29N3O4S. The lowest BCUT2D eigenvalue weighted by molar-refractivity contribution is -0.120. The Morgan fingerprint density at radius 2 is 1.78 bits per heavy atom. The van der Waals surface area contributed by atoms with Gasteiger partial charge in [-0.3, -0.25) is 9.59 Å². The predicted octanol–water partition coefficient (Wildman–Crippen LogP) is 5.12. The van der Waals surface area contributed by atoms with Crippen LogP contribution in [0.25, 0.3) is 16.5 Å². The molecule has 32 heavy (non-hydrogen) atoms. The van der Waals surface area contributed by atoms with E-state index in [9.17, 15) is 14.4 Å². The first kappa shape index (κ1) is 23.7. The monoisotopic (exact) mass is 455 g/mol. The van der Waals surface area contributed by atoms with Crippen LogP contribution in [-0.4, -0.2) is 28.3 Å². The van der Waals surface area contributed by atoms with Gasteiger partial charge in [-0.15, -0.1) is 11.3 Å². The maximum atomic E-state index is 13.5. The molecule has 170 valence electrons. The van der Waals surface area contributed by atoms with E-state index >= 15 is 0 Å². The van der Waals surface area contributed by atoms with Crippen LogP contribution in [0, 0.1) is 5.92 Å². The van der Waals surface area contributed by atoms with Crippen molar-refractivity contribution in [2.75, 3.05) is 11.9 Å². The van der Waals surface area contributed by atoms with Gasteiger partial charge >= 0.3 is 5.97 Å². The van der Waals surface area contributed by atoms with Gasteiger partial charge in [0, 0.05) is 16.7 Å². The van der Waals surface area contributed by atoms with Crippen molar-refractivity contribution < 1.29 is 14.3 Å². The maximum absolute atomic E-state index is 13.5. The van der Waals surface area contributed by atoms with Crippen LogP contribution >= 0.6 is 11.3 Å². The van der Waals surface area contributed by atoms with Gasteiger partial charge in [-0.05, 0) is 43.4 Å². The summed E-state index contributed by atoms with van der Waals surface area (Å²) in [7, 11) is 0. The van der Waals surface area contributed by atoms with E-state index in [0.29, 0.717) is 34.8 Å². The lowest BCUT2D eigenvalue weighted by Gasteiger charge is -2.13. The Labute approximate surface area is 191 Å². The first-order valence-electron chi connectivity index (χ1n) is 10.9. The van der Waals surface area contributed by atoms with E-state index in [-0.39, 0.29) is 29.5 Å². The highest BCUT2D eigenvalue weighted by Gasteiger charge is 2.24. The zero-order valence-corrected chi connectivity index (χ0v) is 19.9. The van der Waals surface area contributed by atoms with Crippen molar-refractivity contribution >= 4 is 39.0 Å². The summed E-state index contributed by atoms with van der Waals surface area (Å²) in [5.74, 6) is -0.555. The van der Waals surface area contributed by atoms with Crippen molar-refractivity contribution in [2.24, 2.45) is 5.92 Å². The molecule has 1 amide bonds. The number of rotatable bonds is 8. The van der Waals surface area contributed by atoms with Crippen molar-refractivity contribution in [2.45, 2.75) is 53.4 Å².